The summed E-state index contributed by atoms with van der Waals surface area (Å²) >= 11 is 3.60. The summed E-state index contributed by atoms with van der Waals surface area (Å²) in [6.45, 7) is 6.03. The second-order valence-corrected chi connectivity index (χ2v) is 5.70. The molecule has 1 aromatic rings. The molecule has 0 saturated carbocycles. The van der Waals surface area contributed by atoms with E-state index in [1.54, 1.807) is 0 Å². The molecule has 1 aliphatic rings. The lowest BCUT2D eigenvalue weighted by Crippen LogP contribution is -2.38. The molecule has 0 heterocycles. The average molecular weight is 325 g/mol. The van der Waals surface area contributed by atoms with Gasteiger partial charge in [-0.3, -0.25) is 4.79 Å². The van der Waals surface area contributed by atoms with Gasteiger partial charge in [0.25, 0.3) is 0 Å². The van der Waals surface area contributed by atoms with Crippen LogP contribution >= 0.6 is 15.9 Å². The highest BCUT2D eigenvalue weighted by molar-refractivity contribution is 9.10. The van der Waals surface area contributed by atoms with Gasteiger partial charge < -0.3 is 10.2 Å². The van der Waals surface area contributed by atoms with Crippen molar-refractivity contribution in [2.24, 2.45) is 0 Å². The van der Waals surface area contributed by atoms with Crippen molar-refractivity contribution in [1.82, 2.24) is 10.2 Å². The maximum atomic E-state index is 12.0. The number of nitrogens with one attached hydrogen (secondary N) is 1. The molecule has 4 heteroatoms. The lowest BCUT2D eigenvalue weighted by Gasteiger charge is -2.21. The first-order valence-corrected chi connectivity index (χ1v) is 7.75. The van der Waals surface area contributed by atoms with E-state index in [9.17, 15) is 4.79 Å². The minimum atomic E-state index is 0.188. The minimum Gasteiger partial charge on any atom is -0.342 e. The zero-order valence-electron chi connectivity index (χ0n) is 11.6. The summed E-state index contributed by atoms with van der Waals surface area (Å²) in [6.07, 6.45) is 2.15. The van der Waals surface area contributed by atoms with Gasteiger partial charge in [-0.25, -0.2) is 0 Å². The first kappa shape index (κ1) is 14.5. The molecule has 1 aromatic carbocycles. The summed E-state index contributed by atoms with van der Waals surface area (Å²) in [4.78, 5) is 13.9. The Labute approximate surface area is 123 Å². The molecule has 19 heavy (non-hydrogen) atoms. The van der Waals surface area contributed by atoms with Gasteiger partial charge in [0.05, 0.1) is 6.54 Å². The van der Waals surface area contributed by atoms with Crippen molar-refractivity contribution in [2.75, 3.05) is 19.6 Å². The molecule has 1 unspecified atom stereocenters. The van der Waals surface area contributed by atoms with Gasteiger partial charge in [0.2, 0.25) is 5.91 Å². The highest BCUT2D eigenvalue weighted by Gasteiger charge is 2.24. The number of carbonyl (C=O) groups is 1. The Morgan fingerprint density at radius 3 is 2.84 bits per heavy atom. The molecule has 1 N–H and O–H groups in total. The quantitative estimate of drug-likeness (QED) is 0.903. The highest BCUT2D eigenvalue weighted by Crippen LogP contribution is 2.35. The fourth-order valence-electron chi connectivity index (χ4n) is 2.72. The molecule has 0 fully saturated rings. The number of hydrogen-bond acceptors (Lipinski definition) is 2. The van der Waals surface area contributed by atoms with E-state index in [1.807, 2.05) is 18.7 Å². The van der Waals surface area contributed by atoms with E-state index in [-0.39, 0.29) is 5.91 Å². The zero-order valence-corrected chi connectivity index (χ0v) is 13.2. The first-order chi connectivity index (χ1) is 9.17. The summed E-state index contributed by atoms with van der Waals surface area (Å²) in [5.41, 5.74) is 2.72. The first-order valence-electron chi connectivity index (χ1n) is 6.95. The van der Waals surface area contributed by atoms with Gasteiger partial charge >= 0.3 is 0 Å². The predicted molar refractivity (Wildman–Crippen MR) is 81.1 cm³/mol. The second-order valence-electron chi connectivity index (χ2n) is 4.85. The minimum absolute atomic E-state index is 0.188. The van der Waals surface area contributed by atoms with Crippen LogP contribution in [0.2, 0.25) is 0 Å². The third-order valence-electron chi connectivity index (χ3n) is 3.83. The van der Waals surface area contributed by atoms with Gasteiger partial charge in [0, 0.05) is 23.6 Å². The predicted octanol–water partition coefficient (Wildman–Crippen LogP) is 2.89. The van der Waals surface area contributed by atoms with Crippen molar-refractivity contribution in [3.05, 3.63) is 33.8 Å². The van der Waals surface area contributed by atoms with Crippen molar-refractivity contribution < 1.29 is 4.79 Å². The fraction of sp³-hybridized carbons (Fsp3) is 0.533. The van der Waals surface area contributed by atoms with Crippen LogP contribution in [0.25, 0.3) is 0 Å². The van der Waals surface area contributed by atoms with E-state index >= 15 is 0 Å². The fourth-order valence-corrected chi connectivity index (χ4v) is 3.30. The van der Waals surface area contributed by atoms with E-state index in [4.69, 9.17) is 0 Å². The van der Waals surface area contributed by atoms with Crippen LogP contribution in [0, 0.1) is 0 Å². The molecule has 0 spiro atoms. The number of nitrogens with zero attached hydrogens (tertiary/aromatic N) is 1. The number of fused-ring (bicyclic) bond motifs is 1. The monoisotopic (exact) mass is 324 g/mol. The molecule has 1 atom stereocenters. The van der Waals surface area contributed by atoms with E-state index in [2.05, 4.69) is 39.4 Å². The van der Waals surface area contributed by atoms with Crippen LogP contribution < -0.4 is 5.32 Å². The van der Waals surface area contributed by atoms with Crippen LogP contribution in [0.4, 0.5) is 0 Å². The SMILES string of the molecule is CCN(CC)C(=O)CNC1CCc2c(Br)cccc21. The molecule has 2 rings (SSSR count). The molecule has 1 amide bonds. The van der Waals surface area contributed by atoms with Crippen LogP contribution in [0.1, 0.15) is 37.4 Å². The van der Waals surface area contributed by atoms with Crippen LogP contribution in [-0.4, -0.2) is 30.4 Å². The summed E-state index contributed by atoms with van der Waals surface area (Å²) < 4.78 is 1.18. The second kappa shape index (κ2) is 6.53. The summed E-state index contributed by atoms with van der Waals surface area (Å²) in [5.74, 6) is 0.188. The van der Waals surface area contributed by atoms with E-state index in [0.717, 1.165) is 25.9 Å². The van der Waals surface area contributed by atoms with Crippen molar-refractivity contribution in [2.45, 2.75) is 32.7 Å². The molecule has 3 nitrogen and oxygen atoms in total. The highest BCUT2D eigenvalue weighted by atomic mass is 79.9. The lowest BCUT2D eigenvalue weighted by atomic mass is 10.1. The average Bonchev–Trinajstić information content (AvgIpc) is 2.82. The summed E-state index contributed by atoms with van der Waals surface area (Å²) in [5, 5.41) is 3.40. The number of rotatable bonds is 5. The largest absolute Gasteiger partial charge is 0.342 e. The summed E-state index contributed by atoms with van der Waals surface area (Å²) in [6, 6.07) is 6.62. The zero-order chi connectivity index (χ0) is 13.8. The summed E-state index contributed by atoms with van der Waals surface area (Å²) in [7, 11) is 0. The Balaban J connectivity index is 1.97. The Hall–Kier alpha value is -0.870. The Bertz CT molecular complexity index is 457. The van der Waals surface area contributed by atoms with Gasteiger partial charge in [-0.2, -0.15) is 0 Å². The Kier molecular flexibility index (Phi) is 4.99. The molecule has 0 bridgehead atoms. The molecule has 104 valence electrons. The topological polar surface area (TPSA) is 32.3 Å². The number of benzene rings is 1. The van der Waals surface area contributed by atoms with Crippen LogP contribution in [0.15, 0.2) is 22.7 Å². The smallest absolute Gasteiger partial charge is 0.236 e. The molecule has 0 aliphatic heterocycles. The van der Waals surface area contributed by atoms with Crippen LogP contribution in [0.5, 0.6) is 0 Å². The van der Waals surface area contributed by atoms with Gasteiger partial charge in [-0.1, -0.05) is 28.1 Å². The van der Waals surface area contributed by atoms with Crippen LogP contribution in [-0.2, 0) is 11.2 Å². The van der Waals surface area contributed by atoms with Gasteiger partial charge in [0.1, 0.15) is 0 Å². The van der Waals surface area contributed by atoms with Gasteiger partial charge in [0.15, 0.2) is 0 Å². The van der Waals surface area contributed by atoms with E-state index < -0.39 is 0 Å². The number of likely N-dealkylation sites (N-methyl/N-ethyl adjacent to an activating group) is 1. The Morgan fingerprint density at radius 1 is 1.42 bits per heavy atom. The maximum Gasteiger partial charge on any atom is 0.236 e. The third-order valence-corrected chi connectivity index (χ3v) is 4.57. The molecule has 0 saturated heterocycles. The number of halogens is 1. The molecular formula is C15H21BrN2O. The van der Waals surface area contributed by atoms with Gasteiger partial charge in [-0.05, 0) is 43.9 Å². The Morgan fingerprint density at radius 2 is 2.16 bits per heavy atom. The standard InChI is InChI=1S/C15H21BrN2O/c1-3-18(4-2)15(19)10-17-14-9-8-11-12(14)6-5-7-13(11)16/h5-7,14,17H,3-4,8-10H2,1-2H3. The van der Waals surface area contributed by atoms with Crippen molar-refractivity contribution in [3.8, 4) is 0 Å². The van der Waals surface area contributed by atoms with E-state index in [1.165, 1.54) is 15.6 Å². The van der Waals surface area contributed by atoms with Crippen LogP contribution in [0.3, 0.4) is 0 Å². The van der Waals surface area contributed by atoms with Crippen molar-refractivity contribution in [3.63, 3.8) is 0 Å². The molecule has 0 radical (unpaired) electrons. The van der Waals surface area contributed by atoms with Crippen molar-refractivity contribution in [1.29, 1.82) is 0 Å². The third kappa shape index (κ3) is 3.18. The number of amides is 1. The molecule has 0 aromatic heterocycles. The molecular weight excluding hydrogens is 304 g/mol. The number of carbonyl (C=O) groups excluding carboxylic acids is 1. The van der Waals surface area contributed by atoms with Gasteiger partial charge in [-0.15, -0.1) is 0 Å². The molecule has 1 aliphatic carbocycles. The number of hydrogen-bond donors (Lipinski definition) is 1. The van der Waals surface area contributed by atoms with Crippen molar-refractivity contribution >= 4 is 21.8 Å². The lowest BCUT2D eigenvalue weighted by molar-refractivity contribution is -0.130. The van der Waals surface area contributed by atoms with E-state index in [0.29, 0.717) is 12.6 Å². The maximum absolute atomic E-state index is 12.0. The normalized spacial score (nSPS) is 17.3.